The van der Waals surface area contributed by atoms with Crippen molar-refractivity contribution in [2.24, 2.45) is 0 Å². The van der Waals surface area contributed by atoms with Crippen molar-refractivity contribution in [2.45, 2.75) is 71.4 Å². The first-order valence-electron chi connectivity index (χ1n) is 10.9. The van der Waals surface area contributed by atoms with Crippen LogP contribution in [0, 0.1) is 20.8 Å². The lowest BCUT2D eigenvalue weighted by atomic mass is 10.0. The van der Waals surface area contributed by atoms with Crippen molar-refractivity contribution in [3.05, 3.63) is 41.2 Å². The van der Waals surface area contributed by atoms with Crippen molar-refractivity contribution in [3.8, 4) is 5.69 Å². The van der Waals surface area contributed by atoms with Crippen LogP contribution < -0.4 is 10.6 Å². The highest BCUT2D eigenvalue weighted by Crippen LogP contribution is 2.26. The molecule has 6 heteroatoms. The summed E-state index contributed by atoms with van der Waals surface area (Å²) in [4.78, 5) is 15.2. The Morgan fingerprint density at radius 1 is 1.07 bits per heavy atom. The van der Waals surface area contributed by atoms with Crippen LogP contribution in [0.5, 0.6) is 0 Å². The van der Waals surface area contributed by atoms with Gasteiger partial charge in [0.05, 0.1) is 23.3 Å². The van der Waals surface area contributed by atoms with Crippen LogP contribution in [0.1, 0.15) is 55.3 Å². The quantitative estimate of drug-likeness (QED) is 0.810. The summed E-state index contributed by atoms with van der Waals surface area (Å²) >= 11 is 0. The molecule has 0 unspecified atom stereocenters. The third kappa shape index (κ3) is 4.47. The fourth-order valence-corrected chi connectivity index (χ4v) is 4.74. The van der Waals surface area contributed by atoms with E-state index in [4.69, 9.17) is 0 Å². The summed E-state index contributed by atoms with van der Waals surface area (Å²) in [6.45, 7) is 8.34. The number of amides is 2. The van der Waals surface area contributed by atoms with E-state index in [0.29, 0.717) is 0 Å². The second-order valence-electron chi connectivity index (χ2n) is 8.69. The first kappa shape index (κ1) is 20.0. The summed E-state index contributed by atoms with van der Waals surface area (Å²) in [5.41, 5.74) is 5.09. The summed E-state index contributed by atoms with van der Waals surface area (Å²) in [5, 5.41) is 10.7. The second kappa shape index (κ2) is 8.57. The number of hydrogen-bond donors (Lipinski definition) is 2. The first-order chi connectivity index (χ1) is 14.0. The number of nitrogens with zero attached hydrogens (tertiary/aromatic N) is 3. The van der Waals surface area contributed by atoms with Crippen molar-refractivity contribution in [1.82, 2.24) is 20.0 Å². The van der Waals surface area contributed by atoms with E-state index < -0.39 is 0 Å². The SMILES string of the molecule is Cc1ccc(C)c(-n2ncc(NC(=O)NC3CCN(C4CCCC4)CC3)c2C)c1. The van der Waals surface area contributed by atoms with Crippen LogP contribution >= 0.6 is 0 Å². The van der Waals surface area contributed by atoms with Crippen LogP contribution in [0.15, 0.2) is 24.4 Å². The maximum atomic E-state index is 12.6. The second-order valence-corrected chi connectivity index (χ2v) is 8.69. The highest BCUT2D eigenvalue weighted by molar-refractivity contribution is 5.90. The highest BCUT2D eigenvalue weighted by atomic mass is 16.2. The molecule has 0 radical (unpaired) electrons. The van der Waals surface area contributed by atoms with Gasteiger partial charge < -0.3 is 15.5 Å². The highest BCUT2D eigenvalue weighted by Gasteiger charge is 2.27. The number of benzene rings is 1. The number of piperidine rings is 1. The molecule has 156 valence electrons. The van der Waals surface area contributed by atoms with Gasteiger partial charge in [0.25, 0.3) is 0 Å². The number of aromatic nitrogens is 2. The van der Waals surface area contributed by atoms with Crippen molar-refractivity contribution in [1.29, 1.82) is 0 Å². The molecule has 0 spiro atoms. The Labute approximate surface area is 173 Å². The van der Waals surface area contributed by atoms with Crippen LogP contribution in [-0.2, 0) is 0 Å². The molecule has 2 amide bonds. The molecule has 1 aliphatic carbocycles. The zero-order valence-corrected chi connectivity index (χ0v) is 17.9. The van der Waals surface area contributed by atoms with Gasteiger partial charge in [-0.15, -0.1) is 0 Å². The molecular formula is C23H33N5O. The first-order valence-corrected chi connectivity index (χ1v) is 10.9. The van der Waals surface area contributed by atoms with Crippen molar-refractivity contribution in [3.63, 3.8) is 0 Å². The van der Waals surface area contributed by atoms with E-state index in [-0.39, 0.29) is 12.1 Å². The minimum atomic E-state index is -0.132. The number of rotatable bonds is 4. The van der Waals surface area contributed by atoms with E-state index in [0.717, 1.165) is 54.6 Å². The summed E-state index contributed by atoms with van der Waals surface area (Å²) in [7, 11) is 0. The van der Waals surface area contributed by atoms with E-state index in [1.807, 2.05) is 11.6 Å². The number of anilines is 1. The third-order valence-corrected chi connectivity index (χ3v) is 6.56. The Hall–Kier alpha value is -2.34. The van der Waals surface area contributed by atoms with Crippen LogP contribution in [0.3, 0.4) is 0 Å². The Morgan fingerprint density at radius 2 is 1.79 bits per heavy atom. The predicted octanol–water partition coefficient (Wildman–Crippen LogP) is 4.33. The van der Waals surface area contributed by atoms with Gasteiger partial charge in [0.2, 0.25) is 0 Å². The maximum absolute atomic E-state index is 12.6. The molecule has 2 aliphatic rings. The number of nitrogens with one attached hydrogen (secondary N) is 2. The Bertz CT molecular complexity index is 860. The largest absolute Gasteiger partial charge is 0.335 e. The molecule has 1 saturated carbocycles. The fourth-order valence-electron chi connectivity index (χ4n) is 4.74. The minimum Gasteiger partial charge on any atom is -0.335 e. The predicted molar refractivity (Wildman–Crippen MR) is 117 cm³/mol. The molecule has 2 N–H and O–H groups in total. The van der Waals surface area contributed by atoms with Gasteiger partial charge >= 0.3 is 6.03 Å². The summed E-state index contributed by atoms with van der Waals surface area (Å²) in [6.07, 6.45) is 9.25. The van der Waals surface area contributed by atoms with Crippen LogP contribution in [-0.4, -0.2) is 45.9 Å². The average molecular weight is 396 g/mol. The smallest absolute Gasteiger partial charge is 0.319 e. The summed E-state index contributed by atoms with van der Waals surface area (Å²) in [6, 6.07) is 7.22. The Balaban J connectivity index is 1.33. The molecule has 29 heavy (non-hydrogen) atoms. The van der Waals surface area contributed by atoms with Crippen LogP contribution in [0.2, 0.25) is 0 Å². The van der Waals surface area contributed by atoms with E-state index >= 15 is 0 Å². The summed E-state index contributed by atoms with van der Waals surface area (Å²) in [5.74, 6) is 0. The van der Waals surface area contributed by atoms with E-state index in [2.05, 4.69) is 52.7 Å². The molecule has 1 saturated heterocycles. The van der Waals surface area contributed by atoms with Gasteiger partial charge in [0.15, 0.2) is 0 Å². The van der Waals surface area contributed by atoms with E-state index in [1.165, 1.54) is 31.2 Å². The Morgan fingerprint density at radius 3 is 2.52 bits per heavy atom. The number of urea groups is 1. The Kier molecular flexibility index (Phi) is 5.90. The summed E-state index contributed by atoms with van der Waals surface area (Å²) < 4.78 is 1.90. The van der Waals surface area contributed by atoms with Crippen molar-refractivity contribution >= 4 is 11.7 Å². The number of carbonyl (C=O) groups is 1. The topological polar surface area (TPSA) is 62.2 Å². The van der Waals surface area contributed by atoms with Gasteiger partial charge in [-0.2, -0.15) is 5.10 Å². The van der Waals surface area contributed by atoms with Gasteiger partial charge in [0, 0.05) is 25.2 Å². The average Bonchev–Trinajstić information content (AvgIpc) is 3.36. The molecule has 6 nitrogen and oxygen atoms in total. The van der Waals surface area contributed by atoms with Crippen LogP contribution in [0.25, 0.3) is 5.69 Å². The van der Waals surface area contributed by atoms with Gasteiger partial charge in [-0.1, -0.05) is 25.0 Å². The van der Waals surface area contributed by atoms with Gasteiger partial charge in [0.1, 0.15) is 0 Å². The van der Waals surface area contributed by atoms with Crippen LogP contribution in [0.4, 0.5) is 10.5 Å². The molecule has 2 aromatic rings. The molecule has 2 fully saturated rings. The lowest BCUT2D eigenvalue weighted by Crippen LogP contribution is -2.48. The molecule has 2 heterocycles. The van der Waals surface area contributed by atoms with Crippen molar-refractivity contribution in [2.75, 3.05) is 18.4 Å². The number of hydrogen-bond acceptors (Lipinski definition) is 3. The standard InChI is InChI=1S/C23H33N5O/c1-16-8-9-17(2)22(14-16)28-18(3)21(15-24-28)26-23(29)25-19-10-12-27(13-11-19)20-6-4-5-7-20/h8-9,14-15,19-20H,4-7,10-13H2,1-3H3,(H2,25,26,29). The molecule has 4 rings (SSSR count). The number of likely N-dealkylation sites (tertiary alicyclic amines) is 1. The maximum Gasteiger partial charge on any atom is 0.319 e. The van der Waals surface area contributed by atoms with Gasteiger partial charge in [-0.05, 0) is 63.6 Å². The molecule has 0 bridgehead atoms. The lowest BCUT2D eigenvalue weighted by molar-refractivity contribution is 0.147. The monoisotopic (exact) mass is 395 g/mol. The number of aryl methyl sites for hydroxylation is 2. The van der Waals surface area contributed by atoms with E-state index in [1.54, 1.807) is 6.20 Å². The lowest BCUT2D eigenvalue weighted by Gasteiger charge is -2.36. The van der Waals surface area contributed by atoms with Gasteiger partial charge in [-0.25, -0.2) is 9.48 Å². The van der Waals surface area contributed by atoms with Gasteiger partial charge in [-0.3, -0.25) is 0 Å². The van der Waals surface area contributed by atoms with Crippen molar-refractivity contribution < 1.29 is 4.79 Å². The minimum absolute atomic E-state index is 0.132. The zero-order valence-electron chi connectivity index (χ0n) is 17.9. The fraction of sp³-hybridized carbons (Fsp3) is 0.565. The molecule has 1 aromatic heterocycles. The zero-order chi connectivity index (χ0) is 20.4. The normalized spacial score (nSPS) is 18.9. The molecular weight excluding hydrogens is 362 g/mol. The molecule has 0 atom stereocenters. The molecule has 1 aromatic carbocycles. The molecule has 1 aliphatic heterocycles. The number of carbonyl (C=O) groups excluding carboxylic acids is 1. The van der Waals surface area contributed by atoms with E-state index in [9.17, 15) is 4.79 Å². The third-order valence-electron chi connectivity index (χ3n) is 6.56.